The second kappa shape index (κ2) is 9.95. The van der Waals surface area contributed by atoms with Crippen LogP contribution < -0.4 is 10.6 Å². The Morgan fingerprint density at radius 1 is 1.21 bits per heavy atom. The van der Waals surface area contributed by atoms with Gasteiger partial charge in [-0.1, -0.05) is 23.4 Å². The summed E-state index contributed by atoms with van der Waals surface area (Å²) in [5, 5.41) is 4.75. The largest absolute Gasteiger partial charge is 0.451 e. The Labute approximate surface area is 167 Å². The van der Waals surface area contributed by atoms with Crippen molar-refractivity contribution in [2.45, 2.75) is 5.16 Å². The molecule has 0 aliphatic carbocycles. The molecule has 0 radical (unpaired) electrons. The predicted octanol–water partition coefficient (Wildman–Crippen LogP) is 2.04. The second-order valence-corrected chi connectivity index (χ2v) is 6.26. The molecular formula is C16H13ClF2N4O4S. The van der Waals surface area contributed by atoms with Crippen molar-refractivity contribution in [3.05, 3.63) is 46.7 Å². The van der Waals surface area contributed by atoms with Crippen LogP contribution in [0.2, 0.25) is 5.02 Å². The van der Waals surface area contributed by atoms with E-state index in [4.69, 9.17) is 16.3 Å². The summed E-state index contributed by atoms with van der Waals surface area (Å²) in [4.78, 5) is 43.1. The maximum absolute atomic E-state index is 13.1. The molecule has 0 aliphatic heterocycles. The summed E-state index contributed by atoms with van der Waals surface area (Å²) < 4.78 is 30.7. The number of hydrogen-bond donors (Lipinski definition) is 2. The van der Waals surface area contributed by atoms with Crippen LogP contribution in [0.15, 0.2) is 29.6 Å². The number of halogens is 3. The minimum absolute atomic E-state index is 0.0209. The van der Waals surface area contributed by atoms with Crippen molar-refractivity contribution in [1.82, 2.24) is 15.3 Å². The number of amides is 2. The van der Waals surface area contributed by atoms with E-state index in [0.717, 1.165) is 18.2 Å². The number of carbonyl (C=O) groups excluding carboxylic acids is 3. The Morgan fingerprint density at radius 3 is 2.64 bits per heavy atom. The molecule has 0 bridgehead atoms. The van der Waals surface area contributed by atoms with Gasteiger partial charge in [-0.15, -0.1) is 0 Å². The molecule has 2 amide bonds. The topological polar surface area (TPSA) is 110 Å². The van der Waals surface area contributed by atoms with Crippen molar-refractivity contribution in [2.75, 3.05) is 24.7 Å². The maximum Gasteiger partial charge on any atom is 0.359 e. The van der Waals surface area contributed by atoms with E-state index in [1.807, 2.05) is 0 Å². The molecular weight excluding hydrogens is 418 g/mol. The van der Waals surface area contributed by atoms with Gasteiger partial charge in [-0.05, 0) is 18.4 Å². The van der Waals surface area contributed by atoms with Crippen molar-refractivity contribution in [3.63, 3.8) is 0 Å². The molecule has 2 aromatic rings. The van der Waals surface area contributed by atoms with Crippen LogP contribution in [0, 0.1) is 11.6 Å². The third-order valence-electron chi connectivity index (χ3n) is 3.08. The van der Waals surface area contributed by atoms with Crippen LogP contribution >= 0.6 is 23.4 Å². The van der Waals surface area contributed by atoms with E-state index in [1.165, 1.54) is 18.0 Å². The Balaban J connectivity index is 1.80. The number of thioether (sulfide) groups is 1. The van der Waals surface area contributed by atoms with Crippen LogP contribution in [0.1, 0.15) is 10.5 Å². The summed E-state index contributed by atoms with van der Waals surface area (Å²) in [5.74, 6) is -4.55. The van der Waals surface area contributed by atoms with E-state index >= 15 is 0 Å². The molecule has 148 valence electrons. The molecule has 0 saturated heterocycles. The number of carbonyl (C=O) groups is 3. The standard InChI is InChI=1S/C16H13ClF2N4O4S/c1-28-16-21-5-9(17)14(23-16)15(26)27-7-13(25)20-6-12(24)22-8-2-3-10(18)11(19)4-8/h2-5H,6-7H2,1H3,(H,20,25)(H,22,24). The van der Waals surface area contributed by atoms with Crippen LogP contribution in [0.4, 0.5) is 14.5 Å². The minimum Gasteiger partial charge on any atom is -0.451 e. The highest BCUT2D eigenvalue weighted by Crippen LogP contribution is 2.17. The first-order valence-corrected chi connectivity index (χ1v) is 9.15. The molecule has 1 heterocycles. The minimum atomic E-state index is -1.12. The number of anilines is 1. The fourth-order valence-electron chi connectivity index (χ4n) is 1.80. The molecule has 0 spiro atoms. The van der Waals surface area contributed by atoms with Crippen LogP contribution in [0.25, 0.3) is 0 Å². The van der Waals surface area contributed by atoms with Gasteiger partial charge in [0, 0.05) is 11.8 Å². The molecule has 28 heavy (non-hydrogen) atoms. The van der Waals surface area contributed by atoms with Gasteiger partial charge in [0.05, 0.1) is 17.8 Å². The molecule has 1 aromatic carbocycles. The van der Waals surface area contributed by atoms with Gasteiger partial charge in [0.1, 0.15) is 0 Å². The summed E-state index contributed by atoms with van der Waals surface area (Å²) in [6.45, 7) is -1.15. The second-order valence-electron chi connectivity index (χ2n) is 5.08. The first-order chi connectivity index (χ1) is 13.3. The van der Waals surface area contributed by atoms with Gasteiger partial charge < -0.3 is 15.4 Å². The third-order valence-corrected chi connectivity index (χ3v) is 3.92. The molecule has 12 heteroatoms. The van der Waals surface area contributed by atoms with Gasteiger partial charge in [-0.2, -0.15) is 0 Å². The number of hydrogen-bond acceptors (Lipinski definition) is 7. The van der Waals surface area contributed by atoms with E-state index in [9.17, 15) is 23.2 Å². The van der Waals surface area contributed by atoms with Crippen LogP contribution in [0.3, 0.4) is 0 Å². The molecule has 0 aliphatic rings. The van der Waals surface area contributed by atoms with E-state index in [-0.39, 0.29) is 16.4 Å². The molecule has 0 fully saturated rings. The van der Waals surface area contributed by atoms with E-state index in [2.05, 4.69) is 20.6 Å². The number of nitrogens with one attached hydrogen (secondary N) is 2. The lowest BCUT2D eigenvalue weighted by Crippen LogP contribution is -2.35. The first kappa shape index (κ1) is 21.5. The summed E-state index contributed by atoms with van der Waals surface area (Å²) in [5.41, 5.74) is -0.169. The third kappa shape index (κ3) is 6.13. The zero-order valence-corrected chi connectivity index (χ0v) is 15.9. The number of benzene rings is 1. The summed E-state index contributed by atoms with van der Waals surface area (Å²) in [7, 11) is 0. The molecule has 0 saturated carbocycles. The van der Waals surface area contributed by atoms with Gasteiger partial charge in [0.25, 0.3) is 5.91 Å². The highest BCUT2D eigenvalue weighted by Gasteiger charge is 2.17. The lowest BCUT2D eigenvalue weighted by molar-refractivity contribution is -0.126. The SMILES string of the molecule is CSc1ncc(Cl)c(C(=O)OCC(=O)NCC(=O)Nc2ccc(F)c(F)c2)n1. The van der Waals surface area contributed by atoms with Gasteiger partial charge in [0.15, 0.2) is 29.1 Å². The van der Waals surface area contributed by atoms with Crippen molar-refractivity contribution in [3.8, 4) is 0 Å². The predicted molar refractivity (Wildman–Crippen MR) is 97.1 cm³/mol. The fraction of sp³-hybridized carbons (Fsp3) is 0.188. The van der Waals surface area contributed by atoms with Crippen molar-refractivity contribution in [2.24, 2.45) is 0 Å². The Kier molecular flexibility index (Phi) is 7.64. The van der Waals surface area contributed by atoms with Crippen LogP contribution in [0.5, 0.6) is 0 Å². The van der Waals surface area contributed by atoms with Crippen molar-refractivity contribution >= 4 is 46.8 Å². The number of aromatic nitrogens is 2. The molecule has 2 rings (SSSR count). The first-order valence-electron chi connectivity index (χ1n) is 7.55. The maximum atomic E-state index is 13.1. The molecule has 8 nitrogen and oxygen atoms in total. The average molecular weight is 431 g/mol. The Morgan fingerprint density at radius 2 is 1.96 bits per heavy atom. The van der Waals surface area contributed by atoms with E-state index in [1.54, 1.807) is 6.26 Å². The number of ether oxygens (including phenoxy) is 1. The zero-order chi connectivity index (χ0) is 20.7. The quantitative estimate of drug-likeness (QED) is 0.393. The Hall–Kier alpha value is -2.79. The van der Waals surface area contributed by atoms with Gasteiger partial charge >= 0.3 is 5.97 Å². The highest BCUT2D eigenvalue weighted by molar-refractivity contribution is 7.98. The van der Waals surface area contributed by atoms with Crippen LogP contribution in [-0.4, -0.2) is 47.2 Å². The number of nitrogens with zero attached hydrogens (tertiary/aromatic N) is 2. The zero-order valence-electron chi connectivity index (χ0n) is 14.3. The molecule has 2 N–H and O–H groups in total. The van der Waals surface area contributed by atoms with Gasteiger partial charge in [-0.25, -0.2) is 23.5 Å². The average Bonchev–Trinajstić information content (AvgIpc) is 2.67. The number of rotatable bonds is 7. The van der Waals surface area contributed by atoms with E-state index < -0.39 is 42.6 Å². The Bertz CT molecular complexity index is 916. The van der Waals surface area contributed by atoms with Crippen molar-refractivity contribution in [1.29, 1.82) is 0 Å². The van der Waals surface area contributed by atoms with Crippen LogP contribution in [-0.2, 0) is 14.3 Å². The summed E-state index contributed by atoms with van der Waals surface area (Å²) in [6, 6.07) is 2.81. The normalized spacial score (nSPS) is 10.3. The van der Waals surface area contributed by atoms with E-state index in [0.29, 0.717) is 5.16 Å². The van der Waals surface area contributed by atoms with Crippen molar-refractivity contribution < 1.29 is 27.9 Å². The fourth-order valence-corrected chi connectivity index (χ4v) is 2.31. The lowest BCUT2D eigenvalue weighted by Gasteiger charge is -2.08. The molecule has 1 aromatic heterocycles. The number of esters is 1. The molecule has 0 unspecified atom stereocenters. The monoisotopic (exact) mass is 430 g/mol. The highest BCUT2D eigenvalue weighted by atomic mass is 35.5. The van der Waals surface area contributed by atoms with Gasteiger partial charge in [-0.3, -0.25) is 9.59 Å². The van der Waals surface area contributed by atoms with Gasteiger partial charge in [0.2, 0.25) is 5.91 Å². The summed E-state index contributed by atoms with van der Waals surface area (Å²) in [6.07, 6.45) is 2.94. The smallest absolute Gasteiger partial charge is 0.359 e. The summed E-state index contributed by atoms with van der Waals surface area (Å²) >= 11 is 7.02. The lowest BCUT2D eigenvalue weighted by atomic mass is 10.3. The molecule has 0 atom stereocenters.